The summed E-state index contributed by atoms with van der Waals surface area (Å²) in [7, 11) is 0. The molecular weight excluding hydrogens is 379 g/mol. The van der Waals surface area contributed by atoms with Crippen LogP contribution in [-0.2, 0) is 22.6 Å². The number of carbonyl (C=O) groups is 2. The highest BCUT2D eigenvalue weighted by Gasteiger charge is 2.26. The van der Waals surface area contributed by atoms with E-state index in [4.69, 9.17) is 11.6 Å². The van der Waals surface area contributed by atoms with Gasteiger partial charge in [-0.25, -0.2) is 4.39 Å². The van der Waals surface area contributed by atoms with Gasteiger partial charge in [0.15, 0.2) is 0 Å². The quantitative estimate of drug-likeness (QED) is 0.710. The van der Waals surface area contributed by atoms with Crippen LogP contribution in [0, 0.1) is 5.82 Å². The van der Waals surface area contributed by atoms with Crippen LogP contribution in [0.2, 0.25) is 5.02 Å². The van der Waals surface area contributed by atoms with E-state index in [1.54, 1.807) is 31.2 Å². The molecule has 2 amide bonds. The third kappa shape index (κ3) is 6.34. The molecule has 2 aromatic rings. The zero-order chi connectivity index (χ0) is 20.7. The van der Waals surface area contributed by atoms with Gasteiger partial charge in [0, 0.05) is 17.6 Å². The van der Waals surface area contributed by atoms with E-state index in [0.717, 1.165) is 12.0 Å². The minimum Gasteiger partial charge on any atom is -0.352 e. The fourth-order valence-electron chi connectivity index (χ4n) is 2.76. The fourth-order valence-corrected chi connectivity index (χ4v) is 2.97. The molecule has 28 heavy (non-hydrogen) atoms. The van der Waals surface area contributed by atoms with Gasteiger partial charge in [-0.1, -0.05) is 42.8 Å². The van der Waals surface area contributed by atoms with Gasteiger partial charge in [-0.3, -0.25) is 9.59 Å². The molecule has 0 fully saturated rings. The lowest BCUT2D eigenvalue weighted by Gasteiger charge is -2.30. The van der Waals surface area contributed by atoms with E-state index in [9.17, 15) is 14.0 Å². The maximum atomic E-state index is 13.1. The molecule has 0 heterocycles. The minimum atomic E-state index is -0.652. The average Bonchev–Trinajstić information content (AvgIpc) is 2.67. The molecule has 2 rings (SSSR count). The lowest BCUT2D eigenvalue weighted by atomic mass is 10.1. The smallest absolute Gasteiger partial charge is 0.242 e. The number of nitrogens with zero attached hydrogens (tertiary/aromatic N) is 1. The van der Waals surface area contributed by atoms with E-state index in [1.165, 1.54) is 17.0 Å². The molecule has 2 atom stereocenters. The van der Waals surface area contributed by atoms with Gasteiger partial charge in [-0.2, -0.15) is 0 Å². The number of rotatable bonds is 8. The second-order valence-corrected chi connectivity index (χ2v) is 7.39. The summed E-state index contributed by atoms with van der Waals surface area (Å²) in [4.78, 5) is 27.2. The lowest BCUT2D eigenvalue weighted by Crippen LogP contribution is -2.49. The summed E-state index contributed by atoms with van der Waals surface area (Å²) in [6, 6.07) is 12.4. The summed E-state index contributed by atoms with van der Waals surface area (Å²) in [5, 5.41) is 3.49. The van der Waals surface area contributed by atoms with Crippen molar-refractivity contribution in [2.75, 3.05) is 0 Å². The van der Waals surface area contributed by atoms with Crippen molar-refractivity contribution in [3.05, 3.63) is 70.5 Å². The molecule has 6 heteroatoms. The summed E-state index contributed by atoms with van der Waals surface area (Å²) in [5.74, 6) is -0.768. The third-order valence-corrected chi connectivity index (χ3v) is 4.91. The van der Waals surface area contributed by atoms with Crippen LogP contribution in [0.4, 0.5) is 4.39 Å². The zero-order valence-corrected chi connectivity index (χ0v) is 17.2. The first-order valence-electron chi connectivity index (χ1n) is 9.39. The molecule has 0 aliphatic rings. The van der Waals surface area contributed by atoms with Crippen LogP contribution in [0.15, 0.2) is 48.5 Å². The van der Waals surface area contributed by atoms with Gasteiger partial charge in [0.1, 0.15) is 11.9 Å². The Labute approximate surface area is 170 Å². The Morgan fingerprint density at radius 3 is 2.39 bits per heavy atom. The number of nitrogens with one attached hydrogen (secondary N) is 1. The predicted molar refractivity (Wildman–Crippen MR) is 109 cm³/mol. The van der Waals surface area contributed by atoms with Gasteiger partial charge in [0.05, 0.1) is 6.42 Å². The SMILES string of the molecule is CC[C@H](C)NC(=O)[C@@H](C)N(Cc1cccc(Cl)c1)C(=O)Cc1ccc(F)cc1. The van der Waals surface area contributed by atoms with Crippen molar-refractivity contribution in [1.29, 1.82) is 0 Å². The molecular formula is C22H26ClFN2O2. The van der Waals surface area contributed by atoms with E-state index in [1.807, 2.05) is 26.0 Å². The maximum Gasteiger partial charge on any atom is 0.242 e. The molecule has 1 N–H and O–H groups in total. The highest BCUT2D eigenvalue weighted by molar-refractivity contribution is 6.30. The summed E-state index contributed by atoms with van der Waals surface area (Å²) >= 11 is 6.06. The Bertz CT molecular complexity index is 810. The van der Waals surface area contributed by atoms with E-state index in [2.05, 4.69) is 5.32 Å². The number of halogens is 2. The topological polar surface area (TPSA) is 49.4 Å². The third-order valence-electron chi connectivity index (χ3n) is 4.68. The summed E-state index contributed by atoms with van der Waals surface area (Å²) in [6.45, 7) is 5.88. The van der Waals surface area contributed by atoms with Gasteiger partial charge < -0.3 is 10.2 Å². The first-order chi connectivity index (χ1) is 13.3. The molecule has 0 bridgehead atoms. The normalized spacial score (nSPS) is 12.9. The largest absolute Gasteiger partial charge is 0.352 e. The van der Waals surface area contributed by atoms with Gasteiger partial charge in [0.25, 0.3) is 0 Å². The number of hydrogen-bond acceptors (Lipinski definition) is 2. The molecule has 0 spiro atoms. The van der Waals surface area contributed by atoms with Gasteiger partial charge in [-0.15, -0.1) is 0 Å². The molecule has 0 aliphatic heterocycles. The zero-order valence-electron chi connectivity index (χ0n) is 16.4. The van der Waals surface area contributed by atoms with E-state index in [0.29, 0.717) is 10.6 Å². The standard InChI is InChI=1S/C22H26ClFN2O2/c1-4-15(2)25-22(28)16(3)26(14-18-6-5-7-19(23)12-18)21(27)13-17-8-10-20(24)11-9-17/h5-12,15-16H,4,13-14H2,1-3H3,(H,25,28)/t15-,16+/m0/s1. The molecule has 150 valence electrons. The lowest BCUT2D eigenvalue weighted by molar-refractivity contribution is -0.140. The molecule has 0 saturated carbocycles. The Morgan fingerprint density at radius 2 is 1.79 bits per heavy atom. The number of benzene rings is 2. The van der Waals surface area contributed by atoms with Gasteiger partial charge in [-0.05, 0) is 55.7 Å². The fraction of sp³-hybridized carbons (Fsp3) is 0.364. The molecule has 0 aliphatic carbocycles. The molecule has 0 aromatic heterocycles. The Hall–Kier alpha value is -2.40. The minimum absolute atomic E-state index is 0.0233. The van der Waals surface area contributed by atoms with Gasteiger partial charge >= 0.3 is 0 Å². The first kappa shape index (κ1) is 21.9. The van der Waals surface area contributed by atoms with E-state index < -0.39 is 6.04 Å². The Morgan fingerprint density at radius 1 is 1.11 bits per heavy atom. The molecule has 0 radical (unpaired) electrons. The predicted octanol–water partition coefficient (Wildman–Crippen LogP) is 4.35. The van der Waals surface area contributed by atoms with Crippen LogP contribution in [-0.4, -0.2) is 28.8 Å². The number of carbonyl (C=O) groups excluding carboxylic acids is 2. The van der Waals surface area contributed by atoms with Crippen molar-refractivity contribution in [2.24, 2.45) is 0 Å². The summed E-state index contributed by atoms with van der Waals surface area (Å²) in [6.07, 6.45) is 0.887. The molecule has 2 aromatic carbocycles. The van der Waals surface area contributed by atoms with Crippen LogP contribution in [0.5, 0.6) is 0 Å². The van der Waals surface area contributed by atoms with Crippen molar-refractivity contribution in [1.82, 2.24) is 10.2 Å². The van der Waals surface area contributed by atoms with Crippen LogP contribution in [0.3, 0.4) is 0 Å². The first-order valence-corrected chi connectivity index (χ1v) is 9.76. The van der Waals surface area contributed by atoms with Crippen molar-refractivity contribution >= 4 is 23.4 Å². The van der Waals surface area contributed by atoms with E-state index >= 15 is 0 Å². The number of hydrogen-bond donors (Lipinski definition) is 1. The molecule has 4 nitrogen and oxygen atoms in total. The summed E-state index contributed by atoms with van der Waals surface area (Å²) in [5.41, 5.74) is 1.53. The van der Waals surface area contributed by atoms with Crippen LogP contribution < -0.4 is 5.32 Å². The van der Waals surface area contributed by atoms with Crippen molar-refractivity contribution < 1.29 is 14.0 Å². The molecule has 0 unspecified atom stereocenters. The van der Waals surface area contributed by atoms with Gasteiger partial charge in [0.2, 0.25) is 11.8 Å². The highest BCUT2D eigenvalue weighted by Crippen LogP contribution is 2.16. The Kier molecular flexibility index (Phi) is 8.00. The van der Waals surface area contributed by atoms with Crippen molar-refractivity contribution in [3.8, 4) is 0 Å². The van der Waals surface area contributed by atoms with Crippen LogP contribution in [0.1, 0.15) is 38.3 Å². The highest BCUT2D eigenvalue weighted by atomic mass is 35.5. The Balaban J connectivity index is 2.22. The average molecular weight is 405 g/mol. The second-order valence-electron chi connectivity index (χ2n) is 6.95. The molecule has 0 saturated heterocycles. The van der Waals surface area contributed by atoms with E-state index in [-0.39, 0.29) is 36.6 Å². The van der Waals surface area contributed by atoms with Crippen LogP contribution >= 0.6 is 11.6 Å². The van der Waals surface area contributed by atoms with Crippen LogP contribution in [0.25, 0.3) is 0 Å². The maximum absolute atomic E-state index is 13.1. The van der Waals surface area contributed by atoms with Crippen molar-refractivity contribution in [2.45, 2.75) is 52.2 Å². The summed E-state index contributed by atoms with van der Waals surface area (Å²) < 4.78 is 13.1. The van der Waals surface area contributed by atoms with Crippen molar-refractivity contribution in [3.63, 3.8) is 0 Å². The number of amides is 2. The monoisotopic (exact) mass is 404 g/mol. The second kappa shape index (κ2) is 10.2.